The maximum atomic E-state index is 12.0. The summed E-state index contributed by atoms with van der Waals surface area (Å²) in [4.78, 5) is 25.3. The van der Waals surface area contributed by atoms with Gasteiger partial charge in [0.1, 0.15) is 0 Å². The average Bonchev–Trinajstić information content (AvgIpc) is 3.16. The molecule has 1 aliphatic rings. The van der Waals surface area contributed by atoms with Crippen LogP contribution in [0.1, 0.15) is 18.4 Å². The van der Waals surface area contributed by atoms with Gasteiger partial charge in [0.25, 0.3) is 0 Å². The highest BCUT2D eigenvalue weighted by Gasteiger charge is 2.23. The molecule has 0 heterocycles. The van der Waals surface area contributed by atoms with E-state index in [4.69, 9.17) is 5.73 Å². The minimum absolute atomic E-state index is 0.0311. The molecule has 0 bridgehead atoms. The first kappa shape index (κ1) is 15.3. The molecule has 114 valence electrons. The number of nitrogen functional groups attached to an aromatic ring is 1. The van der Waals surface area contributed by atoms with Crippen molar-refractivity contribution in [2.75, 3.05) is 31.2 Å². The van der Waals surface area contributed by atoms with Gasteiger partial charge in [0.2, 0.25) is 11.8 Å². The van der Waals surface area contributed by atoms with Gasteiger partial charge < -0.3 is 16.4 Å². The van der Waals surface area contributed by atoms with Crippen LogP contribution in [0.5, 0.6) is 0 Å². The largest absolute Gasteiger partial charge is 0.399 e. The van der Waals surface area contributed by atoms with Crippen LogP contribution in [0.4, 0.5) is 11.4 Å². The number of anilines is 2. The Hall–Kier alpha value is -2.08. The fourth-order valence-corrected chi connectivity index (χ4v) is 2.06. The van der Waals surface area contributed by atoms with Crippen molar-refractivity contribution in [3.63, 3.8) is 0 Å². The van der Waals surface area contributed by atoms with Gasteiger partial charge in [0, 0.05) is 17.4 Å². The zero-order valence-electron chi connectivity index (χ0n) is 12.5. The number of amides is 2. The van der Waals surface area contributed by atoms with Gasteiger partial charge in [-0.1, -0.05) is 0 Å². The summed E-state index contributed by atoms with van der Waals surface area (Å²) in [6.07, 6.45) is 2.12. The lowest BCUT2D eigenvalue weighted by molar-refractivity contribution is -0.123. The standard InChI is InChI=1S/C15H22N4O2/c1-10-7-11(16)3-6-13(10)18-15(21)9-19(2)8-14(20)17-12-4-5-12/h3,6-7,12H,4-5,8-9,16H2,1-2H3,(H,17,20)(H,18,21). The van der Waals surface area contributed by atoms with Crippen molar-refractivity contribution in [2.45, 2.75) is 25.8 Å². The number of likely N-dealkylation sites (N-methyl/N-ethyl adjacent to an activating group) is 1. The van der Waals surface area contributed by atoms with Crippen LogP contribution in [-0.4, -0.2) is 42.9 Å². The summed E-state index contributed by atoms with van der Waals surface area (Å²) in [6, 6.07) is 5.68. The number of aryl methyl sites for hydroxylation is 1. The third kappa shape index (κ3) is 5.07. The van der Waals surface area contributed by atoms with Crippen LogP contribution in [0.2, 0.25) is 0 Å². The highest BCUT2D eigenvalue weighted by molar-refractivity contribution is 5.93. The van der Waals surface area contributed by atoms with Crippen LogP contribution in [0.15, 0.2) is 18.2 Å². The second-order valence-electron chi connectivity index (χ2n) is 5.64. The molecule has 1 fully saturated rings. The third-order valence-corrected chi connectivity index (χ3v) is 3.29. The van der Waals surface area contributed by atoms with Crippen molar-refractivity contribution in [1.82, 2.24) is 10.2 Å². The lowest BCUT2D eigenvalue weighted by Gasteiger charge is -2.16. The molecule has 6 nitrogen and oxygen atoms in total. The van der Waals surface area contributed by atoms with Crippen molar-refractivity contribution in [2.24, 2.45) is 0 Å². The first-order valence-electron chi connectivity index (χ1n) is 7.08. The van der Waals surface area contributed by atoms with Gasteiger partial charge in [-0.05, 0) is 50.6 Å². The number of nitrogens with one attached hydrogen (secondary N) is 2. The summed E-state index contributed by atoms with van der Waals surface area (Å²) in [6.45, 7) is 2.28. The molecule has 1 aromatic rings. The number of carbonyl (C=O) groups excluding carboxylic acids is 2. The molecule has 0 aliphatic heterocycles. The zero-order chi connectivity index (χ0) is 15.4. The normalized spacial score (nSPS) is 14.0. The fourth-order valence-electron chi connectivity index (χ4n) is 2.06. The smallest absolute Gasteiger partial charge is 0.238 e. The molecule has 2 rings (SSSR count). The second kappa shape index (κ2) is 6.58. The zero-order valence-corrected chi connectivity index (χ0v) is 12.5. The molecule has 0 spiro atoms. The topological polar surface area (TPSA) is 87.5 Å². The summed E-state index contributed by atoms with van der Waals surface area (Å²) < 4.78 is 0. The Morgan fingerprint density at radius 3 is 2.57 bits per heavy atom. The van der Waals surface area contributed by atoms with E-state index in [0.29, 0.717) is 11.7 Å². The number of hydrogen-bond donors (Lipinski definition) is 3. The molecule has 1 aromatic carbocycles. The van der Waals surface area contributed by atoms with E-state index in [9.17, 15) is 9.59 Å². The SMILES string of the molecule is Cc1cc(N)ccc1NC(=O)CN(C)CC(=O)NC1CC1. The molecule has 2 amide bonds. The summed E-state index contributed by atoms with van der Waals surface area (Å²) in [5, 5.41) is 5.72. The molecule has 6 heteroatoms. The van der Waals surface area contributed by atoms with E-state index in [1.165, 1.54) is 0 Å². The molecule has 1 aliphatic carbocycles. The van der Waals surface area contributed by atoms with Gasteiger partial charge in [-0.25, -0.2) is 0 Å². The quantitative estimate of drug-likeness (QED) is 0.674. The Morgan fingerprint density at radius 2 is 1.95 bits per heavy atom. The maximum absolute atomic E-state index is 12.0. The van der Waals surface area contributed by atoms with E-state index in [0.717, 1.165) is 24.1 Å². The minimum Gasteiger partial charge on any atom is -0.399 e. The number of hydrogen-bond acceptors (Lipinski definition) is 4. The molecule has 4 N–H and O–H groups in total. The molecule has 0 unspecified atom stereocenters. The average molecular weight is 290 g/mol. The second-order valence-corrected chi connectivity index (χ2v) is 5.64. The van der Waals surface area contributed by atoms with Crippen LogP contribution < -0.4 is 16.4 Å². The maximum Gasteiger partial charge on any atom is 0.238 e. The highest BCUT2D eigenvalue weighted by atomic mass is 16.2. The third-order valence-electron chi connectivity index (χ3n) is 3.29. The van der Waals surface area contributed by atoms with Crippen LogP contribution in [0.3, 0.4) is 0 Å². The van der Waals surface area contributed by atoms with Crippen LogP contribution in [-0.2, 0) is 9.59 Å². The summed E-state index contributed by atoms with van der Waals surface area (Å²) in [5.41, 5.74) is 7.99. The van der Waals surface area contributed by atoms with Crippen molar-refractivity contribution < 1.29 is 9.59 Å². The Bertz CT molecular complexity index is 540. The number of nitrogens with two attached hydrogens (primary N) is 1. The first-order valence-corrected chi connectivity index (χ1v) is 7.08. The highest BCUT2D eigenvalue weighted by Crippen LogP contribution is 2.18. The van der Waals surface area contributed by atoms with Crippen LogP contribution >= 0.6 is 0 Å². The Kier molecular flexibility index (Phi) is 4.80. The Balaban J connectivity index is 1.78. The van der Waals surface area contributed by atoms with Gasteiger partial charge in [0.15, 0.2) is 0 Å². The van der Waals surface area contributed by atoms with Crippen LogP contribution in [0.25, 0.3) is 0 Å². The van der Waals surface area contributed by atoms with Gasteiger partial charge in [-0.3, -0.25) is 14.5 Å². The lowest BCUT2D eigenvalue weighted by Crippen LogP contribution is -2.39. The van der Waals surface area contributed by atoms with Crippen LogP contribution in [0, 0.1) is 6.92 Å². The molecule has 0 radical (unpaired) electrons. The fraction of sp³-hybridized carbons (Fsp3) is 0.467. The van der Waals surface area contributed by atoms with E-state index >= 15 is 0 Å². The number of benzene rings is 1. The lowest BCUT2D eigenvalue weighted by atomic mass is 10.2. The van der Waals surface area contributed by atoms with Crippen molar-refractivity contribution in [3.8, 4) is 0 Å². The summed E-state index contributed by atoms with van der Waals surface area (Å²) in [5.74, 6) is -0.180. The van der Waals surface area contributed by atoms with Crippen molar-refractivity contribution in [1.29, 1.82) is 0 Å². The Labute approximate surface area is 124 Å². The van der Waals surface area contributed by atoms with Crippen molar-refractivity contribution >= 4 is 23.2 Å². The summed E-state index contributed by atoms with van der Waals surface area (Å²) >= 11 is 0. The molecule has 0 saturated heterocycles. The van der Waals surface area contributed by atoms with Crippen molar-refractivity contribution in [3.05, 3.63) is 23.8 Å². The Morgan fingerprint density at radius 1 is 1.29 bits per heavy atom. The predicted octanol–water partition coefficient (Wildman–Crippen LogP) is 0.726. The van der Waals surface area contributed by atoms with Gasteiger partial charge in [-0.15, -0.1) is 0 Å². The minimum atomic E-state index is -0.149. The van der Waals surface area contributed by atoms with E-state index < -0.39 is 0 Å². The molecule has 21 heavy (non-hydrogen) atoms. The molecule has 0 atom stereocenters. The van der Waals surface area contributed by atoms with E-state index in [1.807, 2.05) is 13.0 Å². The molecule has 0 aromatic heterocycles. The number of rotatable bonds is 6. The predicted molar refractivity (Wildman–Crippen MR) is 82.9 cm³/mol. The monoisotopic (exact) mass is 290 g/mol. The number of nitrogens with zero attached hydrogens (tertiary/aromatic N) is 1. The van der Waals surface area contributed by atoms with Gasteiger partial charge >= 0.3 is 0 Å². The van der Waals surface area contributed by atoms with E-state index in [1.54, 1.807) is 24.1 Å². The first-order chi connectivity index (χ1) is 9.94. The van der Waals surface area contributed by atoms with Gasteiger partial charge in [-0.2, -0.15) is 0 Å². The molecular formula is C15H22N4O2. The van der Waals surface area contributed by atoms with E-state index in [2.05, 4.69) is 10.6 Å². The molecular weight excluding hydrogens is 268 g/mol. The van der Waals surface area contributed by atoms with Gasteiger partial charge in [0.05, 0.1) is 13.1 Å². The number of carbonyl (C=O) groups is 2. The van der Waals surface area contributed by atoms with E-state index in [-0.39, 0.29) is 24.9 Å². The summed E-state index contributed by atoms with van der Waals surface area (Å²) in [7, 11) is 1.75. The molecule has 1 saturated carbocycles.